The smallest absolute Gasteiger partial charge is 0.0119 e. The lowest BCUT2D eigenvalue weighted by atomic mass is 9.73. The van der Waals surface area contributed by atoms with Crippen LogP contribution in [-0.4, -0.2) is 30.6 Å². The van der Waals surface area contributed by atoms with Gasteiger partial charge in [-0.15, -0.1) is 0 Å². The number of nitrogens with two attached hydrogens (primary N) is 1. The molecule has 2 heteroatoms. The van der Waals surface area contributed by atoms with Crippen LogP contribution < -0.4 is 5.73 Å². The predicted octanol–water partition coefficient (Wildman–Crippen LogP) is 3.02. The summed E-state index contributed by atoms with van der Waals surface area (Å²) in [6, 6.07) is 0.820. The van der Waals surface area contributed by atoms with Gasteiger partial charge in [0.1, 0.15) is 0 Å². The molecule has 0 radical (unpaired) electrons. The van der Waals surface area contributed by atoms with Gasteiger partial charge in [-0.2, -0.15) is 0 Å². The summed E-state index contributed by atoms with van der Waals surface area (Å²) in [6.45, 7) is 8.23. The molecule has 2 rings (SSSR count). The fraction of sp³-hybridized carbons (Fsp3) is 1.00. The molecule has 0 aromatic carbocycles. The van der Waals surface area contributed by atoms with Crippen LogP contribution in [0.2, 0.25) is 0 Å². The maximum atomic E-state index is 6.11. The van der Waals surface area contributed by atoms with Gasteiger partial charge in [0, 0.05) is 12.6 Å². The predicted molar refractivity (Wildman–Crippen MR) is 74.0 cm³/mol. The molecule has 100 valence electrons. The fourth-order valence-corrected chi connectivity index (χ4v) is 3.96. The molecule has 2 N–H and O–H groups in total. The summed E-state index contributed by atoms with van der Waals surface area (Å²) in [6.07, 6.45) is 9.75. The first-order valence-electron chi connectivity index (χ1n) is 7.61. The standard InChI is InChI=1S/C15H30N2/c1-13(2)14-7-6-10-17(14)12-15(11-16)8-4-3-5-9-15/h13-14H,3-12,16H2,1-2H3. The Kier molecular flexibility index (Phi) is 4.48. The molecule has 2 aliphatic rings. The molecule has 2 nitrogen and oxygen atoms in total. The molecule has 0 spiro atoms. The highest BCUT2D eigenvalue weighted by molar-refractivity contribution is 4.91. The van der Waals surface area contributed by atoms with Gasteiger partial charge in [0.25, 0.3) is 0 Å². The Bertz CT molecular complexity index is 231. The summed E-state index contributed by atoms with van der Waals surface area (Å²) in [4.78, 5) is 2.75. The Morgan fingerprint density at radius 2 is 1.88 bits per heavy atom. The number of hydrogen-bond donors (Lipinski definition) is 1. The van der Waals surface area contributed by atoms with Crippen molar-refractivity contribution in [2.45, 2.75) is 64.8 Å². The molecule has 1 saturated carbocycles. The topological polar surface area (TPSA) is 29.3 Å². The van der Waals surface area contributed by atoms with Crippen LogP contribution in [0, 0.1) is 11.3 Å². The van der Waals surface area contributed by atoms with E-state index >= 15 is 0 Å². The number of likely N-dealkylation sites (tertiary alicyclic amines) is 1. The van der Waals surface area contributed by atoms with Gasteiger partial charge in [0.15, 0.2) is 0 Å². The van der Waals surface area contributed by atoms with Gasteiger partial charge in [0.2, 0.25) is 0 Å². The lowest BCUT2D eigenvalue weighted by Crippen LogP contribution is -2.46. The third kappa shape index (κ3) is 3.03. The normalized spacial score (nSPS) is 30.0. The lowest BCUT2D eigenvalue weighted by Gasteiger charge is -2.41. The molecule has 2 fully saturated rings. The molecule has 17 heavy (non-hydrogen) atoms. The molecule has 0 aromatic heterocycles. The maximum Gasteiger partial charge on any atom is 0.0119 e. The van der Waals surface area contributed by atoms with Gasteiger partial charge in [-0.25, -0.2) is 0 Å². The van der Waals surface area contributed by atoms with Crippen molar-refractivity contribution < 1.29 is 0 Å². The number of hydrogen-bond acceptors (Lipinski definition) is 2. The van der Waals surface area contributed by atoms with Gasteiger partial charge in [-0.05, 0) is 50.1 Å². The molecule has 1 aliphatic heterocycles. The second-order valence-electron chi connectivity index (χ2n) is 6.69. The number of rotatable bonds is 4. The van der Waals surface area contributed by atoms with Gasteiger partial charge < -0.3 is 5.73 Å². The highest BCUT2D eigenvalue weighted by Crippen LogP contribution is 2.38. The van der Waals surface area contributed by atoms with Crippen LogP contribution in [0.25, 0.3) is 0 Å². The quantitative estimate of drug-likeness (QED) is 0.816. The van der Waals surface area contributed by atoms with Crippen LogP contribution in [0.1, 0.15) is 58.8 Å². The van der Waals surface area contributed by atoms with E-state index in [-0.39, 0.29) is 0 Å². The first-order valence-corrected chi connectivity index (χ1v) is 7.61. The van der Waals surface area contributed by atoms with E-state index in [0.717, 1.165) is 18.5 Å². The Labute approximate surface area is 107 Å². The molecule has 0 aromatic rings. The van der Waals surface area contributed by atoms with Crippen molar-refractivity contribution in [2.75, 3.05) is 19.6 Å². The van der Waals surface area contributed by atoms with Crippen molar-refractivity contribution in [1.29, 1.82) is 0 Å². The summed E-state index contributed by atoms with van der Waals surface area (Å²) in [5.41, 5.74) is 6.57. The molecule has 1 heterocycles. The van der Waals surface area contributed by atoms with Crippen molar-refractivity contribution in [2.24, 2.45) is 17.1 Å². The number of nitrogens with zero attached hydrogens (tertiary/aromatic N) is 1. The zero-order valence-electron chi connectivity index (χ0n) is 11.8. The molecule has 0 amide bonds. The Balaban J connectivity index is 1.97. The first-order chi connectivity index (χ1) is 8.17. The largest absolute Gasteiger partial charge is 0.330 e. The second kappa shape index (κ2) is 5.71. The van der Waals surface area contributed by atoms with Gasteiger partial charge in [-0.1, -0.05) is 33.1 Å². The van der Waals surface area contributed by atoms with Gasteiger partial charge >= 0.3 is 0 Å². The van der Waals surface area contributed by atoms with E-state index in [1.54, 1.807) is 0 Å². The third-order valence-corrected chi connectivity index (χ3v) is 5.07. The molecule has 1 saturated heterocycles. The summed E-state index contributed by atoms with van der Waals surface area (Å²) >= 11 is 0. The van der Waals surface area contributed by atoms with E-state index in [2.05, 4.69) is 18.7 Å². The van der Waals surface area contributed by atoms with Crippen molar-refractivity contribution in [3.63, 3.8) is 0 Å². The van der Waals surface area contributed by atoms with E-state index in [4.69, 9.17) is 5.73 Å². The summed E-state index contributed by atoms with van der Waals surface area (Å²) < 4.78 is 0. The molecular formula is C15H30N2. The van der Waals surface area contributed by atoms with Crippen LogP contribution in [0.4, 0.5) is 0 Å². The minimum Gasteiger partial charge on any atom is -0.330 e. The Morgan fingerprint density at radius 1 is 1.18 bits per heavy atom. The average molecular weight is 238 g/mol. The van der Waals surface area contributed by atoms with Crippen LogP contribution >= 0.6 is 0 Å². The fourth-order valence-electron chi connectivity index (χ4n) is 3.96. The zero-order chi connectivity index (χ0) is 12.3. The Morgan fingerprint density at radius 3 is 2.47 bits per heavy atom. The van der Waals surface area contributed by atoms with Gasteiger partial charge in [0.05, 0.1) is 0 Å². The minimum absolute atomic E-state index is 0.454. The van der Waals surface area contributed by atoms with E-state index in [1.165, 1.54) is 58.0 Å². The zero-order valence-corrected chi connectivity index (χ0v) is 11.8. The summed E-state index contributed by atoms with van der Waals surface area (Å²) in [5, 5.41) is 0. The summed E-state index contributed by atoms with van der Waals surface area (Å²) in [7, 11) is 0. The minimum atomic E-state index is 0.454. The van der Waals surface area contributed by atoms with Crippen LogP contribution in [0.3, 0.4) is 0 Å². The van der Waals surface area contributed by atoms with E-state index in [0.29, 0.717) is 5.41 Å². The van der Waals surface area contributed by atoms with Crippen LogP contribution in [-0.2, 0) is 0 Å². The maximum absolute atomic E-state index is 6.11. The molecule has 1 atom stereocenters. The molecular weight excluding hydrogens is 208 g/mol. The SMILES string of the molecule is CC(C)C1CCCN1CC1(CN)CCCCC1. The van der Waals surface area contributed by atoms with Crippen molar-refractivity contribution >= 4 is 0 Å². The van der Waals surface area contributed by atoms with Crippen LogP contribution in [0.5, 0.6) is 0 Å². The Hall–Kier alpha value is -0.0800. The summed E-state index contributed by atoms with van der Waals surface area (Å²) in [5.74, 6) is 0.802. The lowest BCUT2D eigenvalue weighted by molar-refractivity contribution is 0.0892. The molecule has 1 unspecified atom stereocenters. The molecule has 0 bridgehead atoms. The van der Waals surface area contributed by atoms with Crippen molar-refractivity contribution in [1.82, 2.24) is 4.90 Å². The van der Waals surface area contributed by atoms with Crippen molar-refractivity contribution in [3.05, 3.63) is 0 Å². The molecule has 1 aliphatic carbocycles. The van der Waals surface area contributed by atoms with E-state index in [1.807, 2.05) is 0 Å². The van der Waals surface area contributed by atoms with E-state index < -0.39 is 0 Å². The van der Waals surface area contributed by atoms with Gasteiger partial charge in [-0.3, -0.25) is 4.90 Å². The third-order valence-electron chi connectivity index (χ3n) is 5.07. The van der Waals surface area contributed by atoms with Crippen LogP contribution in [0.15, 0.2) is 0 Å². The second-order valence-corrected chi connectivity index (χ2v) is 6.69. The highest BCUT2D eigenvalue weighted by atomic mass is 15.2. The highest BCUT2D eigenvalue weighted by Gasteiger charge is 2.36. The van der Waals surface area contributed by atoms with Crippen molar-refractivity contribution in [3.8, 4) is 0 Å². The van der Waals surface area contributed by atoms with E-state index in [9.17, 15) is 0 Å². The average Bonchev–Trinajstić information content (AvgIpc) is 2.78. The first kappa shape index (κ1) is 13.4. The monoisotopic (exact) mass is 238 g/mol.